The number of hydrogen-bond acceptors (Lipinski definition) is 7. The van der Waals surface area contributed by atoms with Gasteiger partial charge in [-0.1, -0.05) is 24.3 Å². The van der Waals surface area contributed by atoms with Gasteiger partial charge in [-0.3, -0.25) is 0 Å². The molecule has 4 rings (SSSR count). The van der Waals surface area contributed by atoms with Crippen molar-refractivity contribution >= 4 is 33.5 Å². The van der Waals surface area contributed by atoms with Crippen LogP contribution in [0.3, 0.4) is 0 Å². The number of azo groups is 3. The molecule has 0 heterocycles. The van der Waals surface area contributed by atoms with Gasteiger partial charge in [-0.15, -0.1) is 5.11 Å². The summed E-state index contributed by atoms with van der Waals surface area (Å²) in [6, 6.07) is 22.6. The van der Waals surface area contributed by atoms with E-state index in [1.165, 1.54) is 16.5 Å². The van der Waals surface area contributed by atoms with E-state index in [1.54, 1.807) is 14.1 Å². The van der Waals surface area contributed by atoms with Gasteiger partial charge in [-0.25, -0.2) is 0 Å². The van der Waals surface area contributed by atoms with Gasteiger partial charge in [0.05, 0.1) is 22.7 Å². The van der Waals surface area contributed by atoms with Crippen LogP contribution in [0.15, 0.2) is 97.4 Å². The van der Waals surface area contributed by atoms with Gasteiger partial charge in [-0.05, 0) is 102 Å². The second-order valence-corrected chi connectivity index (χ2v) is 8.76. The Balaban J connectivity index is 1.43. The van der Waals surface area contributed by atoms with Crippen molar-refractivity contribution in [1.82, 2.24) is 5.32 Å². The van der Waals surface area contributed by atoms with Crippen molar-refractivity contribution in [2.24, 2.45) is 30.7 Å². The van der Waals surface area contributed by atoms with Crippen LogP contribution in [0.4, 0.5) is 22.7 Å². The largest absolute Gasteiger partial charge is 0.309 e. The van der Waals surface area contributed by atoms with Gasteiger partial charge >= 0.3 is 0 Å². The third kappa shape index (κ3) is 5.93. The molecule has 0 unspecified atom stereocenters. The molecule has 7 nitrogen and oxygen atoms in total. The molecule has 182 valence electrons. The highest BCUT2D eigenvalue weighted by Gasteiger charge is 2.10. The Labute approximate surface area is 212 Å². The average Bonchev–Trinajstić information content (AvgIpc) is 2.87. The number of nitrogens with one attached hydrogen (secondary N) is 1. The summed E-state index contributed by atoms with van der Waals surface area (Å²) in [6.07, 6.45) is 0. The minimum atomic E-state index is 0.771. The minimum absolute atomic E-state index is 0.771. The highest BCUT2D eigenvalue weighted by Crippen LogP contribution is 2.36. The van der Waals surface area contributed by atoms with Crippen LogP contribution in [0.25, 0.3) is 10.8 Å². The topological polar surface area (TPSA) is 86.2 Å². The molecule has 0 atom stereocenters. The summed E-state index contributed by atoms with van der Waals surface area (Å²) < 4.78 is 0. The molecular formula is C29H31N7. The Kier molecular flexibility index (Phi) is 8.02. The van der Waals surface area contributed by atoms with E-state index in [-0.39, 0.29) is 0 Å². The lowest BCUT2D eigenvalue weighted by Crippen LogP contribution is -2.12. The summed E-state index contributed by atoms with van der Waals surface area (Å²) >= 11 is 0. The molecular weight excluding hydrogens is 446 g/mol. The third-order valence-electron chi connectivity index (χ3n) is 6.09. The van der Waals surface area contributed by atoms with Gasteiger partial charge in [0.2, 0.25) is 0 Å². The molecule has 1 N–H and O–H groups in total. The number of aryl methyl sites for hydroxylation is 3. The molecule has 0 saturated heterocycles. The summed E-state index contributed by atoms with van der Waals surface area (Å²) in [5, 5.41) is 30.9. The Bertz CT molecular complexity index is 1430. The van der Waals surface area contributed by atoms with Crippen LogP contribution in [0.5, 0.6) is 0 Å². The van der Waals surface area contributed by atoms with Gasteiger partial charge in [0.25, 0.3) is 0 Å². The first-order valence-corrected chi connectivity index (χ1v) is 11.9. The zero-order valence-corrected chi connectivity index (χ0v) is 21.4. The summed E-state index contributed by atoms with van der Waals surface area (Å²) in [4.78, 5) is 0. The minimum Gasteiger partial charge on any atom is -0.309 e. The van der Waals surface area contributed by atoms with Gasteiger partial charge < -0.3 is 5.32 Å². The van der Waals surface area contributed by atoms with Crippen molar-refractivity contribution in [3.05, 3.63) is 94.5 Å². The van der Waals surface area contributed by atoms with E-state index in [1.807, 2.05) is 24.3 Å². The van der Waals surface area contributed by atoms with Crippen LogP contribution < -0.4 is 5.32 Å². The summed E-state index contributed by atoms with van der Waals surface area (Å²) in [6.45, 7) is 7.77. The fourth-order valence-electron chi connectivity index (χ4n) is 4.19. The van der Waals surface area contributed by atoms with Crippen molar-refractivity contribution in [2.75, 3.05) is 14.1 Å². The van der Waals surface area contributed by atoms with Crippen molar-refractivity contribution in [2.45, 2.75) is 33.9 Å². The van der Waals surface area contributed by atoms with Gasteiger partial charge in [0.15, 0.2) is 0 Å². The van der Waals surface area contributed by atoms with Crippen LogP contribution in [0.1, 0.15) is 27.8 Å². The summed E-state index contributed by atoms with van der Waals surface area (Å²) in [7, 11) is 3.36. The molecule has 0 aliphatic rings. The quantitative estimate of drug-likeness (QED) is 0.252. The van der Waals surface area contributed by atoms with Crippen molar-refractivity contribution in [3.8, 4) is 0 Å². The molecule has 0 aliphatic heterocycles. The van der Waals surface area contributed by atoms with Gasteiger partial charge in [0.1, 0.15) is 0 Å². The Morgan fingerprint density at radius 2 is 1.17 bits per heavy atom. The fraction of sp³-hybridized carbons (Fsp3) is 0.241. The lowest BCUT2D eigenvalue weighted by molar-refractivity contribution is 0.693. The summed E-state index contributed by atoms with van der Waals surface area (Å²) in [5.74, 6) is 0. The summed E-state index contributed by atoms with van der Waals surface area (Å²) in [5.41, 5.74) is 9.14. The normalized spacial score (nSPS) is 12.0. The number of rotatable bonds is 8. The van der Waals surface area contributed by atoms with Crippen molar-refractivity contribution < 1.29 is 0 Å². The van der Waals surface area contributed by atoms with Crippen LogP contribution in [0, 0.1) is 20.8 Å². The molecule has 0 aromatic heterocycles. The van der Waals surface area contributed by atoms with Gasteiger partial charge in [0, 0.05) is 27.2 Å². The molecule has 0 amide bonds. The zero-order valence-electron chi connectivity index (χ0n) is 21.4. The zero-order chi connectivity index (χ0) is 25.5. The Morgan fingerprint density at radius 1 is 0.611 bits per heavy atom. The molecule has 0 spiro atoms. The Morgan fingerprint density at radius 3 is 1.75 bits per heavy atom. The lowest BCUT2D eigenvalue weighted by atomic mass is 9.97. The monoisotopic (exact) mass is 477 g/mol. The van der Waals surface area contributed by atoms with E-state index in [0.29, 0.717) is 0 Å². The molecule has 0 bridgehead atoms. The van der Waals surface area contributed by atoms with Crippen LogP contribution >= 0.6 is 0 Å². The number of benzene rings is 4. The highest BCUT2D eigenvalue weighted by atomic mass is 15.1. The smallest absolute Gasteiger partial charge is 0.0921 e. The molecule has 4 aromatic carbocycles. The average molecular weight is 478 g/mol. The maximum Gasteiger partial charge on any atom is 0.0921 e. The van der Waals surface area contributed by atoms with E-state index in [9.17, 15) is 0 Å². The maximum absolute atomic E-state index is 4.62. The third-order valence-corrected chi connectivity index (χ3v) is 6.09. The van der Waals surface area contributed by atoms with E-state index in [2.05, 4.69) is 99.2 Å². The lowest BCUT2D eigenvalue weighted by Gasteiger charge is -2.11. The second-order valence-electron chi connectivity index (χ2n) is 8.76. The van der Waals surface area contributed by atoms with Crippen LogP contribution in [-0.4, -0.2) is 14.1 Å². The SMILES string of the molecule is CN=Nc1ccc(CNCc2ccc(N=Nc3c(C)cc4cc(C)c(N=NC)cc4c3C)cc2)cc1. The molecule has 0 radical (unpaired) electrons. The van der Waals surface area contributed by atoms with Gasteiger partial charge in [-0.2, -0.15) is 25.6 Å². The first-order valence-electron chi connectivity index (χ1n) is 11.9. The first-order chi connectivity index (χ1) is 17.5. The number of fused-ring (bicyclic) bond motifs is 1. The van der Waals surface area contributed by atoms with E-state index < -0.39 is 0 Å². The predicted molar refractivity (Wildman–Crippen MR) is 147 cm³/mol. The first kappa shape index (κ1) is 25.0. The molecule has 0 saturated carbocycles. The number of hydrogen-bond donors (Lipinski definition) is 1. The molecule has 0 fully saturated rings. The van der Waals surface area contributed by atoms with E-state index in [0.717, 1.165) is 57.9 Å². The molecule has 4 aromatic rings. The second kappa shape index (κ2) is 11.6. The standard InChI is InChI=1S/C29H31N7/c1-19-14-24-15-20(2)29(21(3)27(24)16-28(19)35-31-5)36-34-26-12-8-23(9-13-26)18-32-17-22-6-10-25(11-7-22)33-30-4/h6-16,32H,17-18H2,1-5H3. The van der Waals surface area contributed by atoms with Crippen LogP contribution in [0.2, 0.25) is 0 Å². The predicted octanol–water partition coefficient (Wildman–Crippen LogP) is 8.90. The van der Waals surface area contributed by atoms with Crippen molar-refractivity contribution in [3.63, 3.8) is 0 Å². The van der Waals surface area contributed by atoms with E-state index >= 15 is 0 Å². The molecule has 36 heavy (non-hydrogen) atoms. The Hall–Kier alpha value is -4.10. The highest BCUT2D eigenvalue weighted by molar-refractivity contribution is 5.93. The van der Waals surface area contributed by atoms with Crippen molar-refractivity contribution in [1.29, 1.82) is 0 Å². The van der Waals surface area contributed by atoms with Crippen LogP contribution in [-0.2, 0) is 13.1 Å². The molecule has 0 aliphatic carbocycles. The maximum atomic E-state index is 4.62. The van der Waals surface area contributed by atoms with E-state index in [4.69, 9.17) is 0 Å². The fourth-order valence-corrected chi connectivity index (χ4v) is 4.19. The molecule has 7 heteroatoms. The number of nitrogens with zero attached hydrogens (tertiary/aromatic N) is 6.